The van der Waals surface area contributed by atoms with Gasteiger partial charge < -0.3 is 10.1 Å². The average molecular weight is 321 g/mol. The lowest BCUT2D eigenvalue weighted by Gasteiger charge is -2.19. The largest absolute Gasteiger partial charge is 0.444 e. The van der Waals surface area contributed by atoms with Crippen molar-refractivity contribution in [2.24, 2.45) is 0 Å². The molecule has 1 amide bonds. The molecule has 0 atom stereocenters. The Morgan fingerprint density at radius 1 is 1.32 bits per heavy atom. The topological polar surface area (TPSA) is 38.3 Å². The van der Waals surface area contributed by atoms with Gasteiger partial charge in [0.05, 0.1) is 5.56 Å². The first kappa shape index (κ1) is 18.2. The Bertz CT molecular complexity index is 604. The van der Waals surface area contributed by atoms with E-state index in [0.29, 0.717) is 11.1 Å². The summed E-state index contributed by atoms with van der Waals surface area (Å²) in [6.07, 6.45) is -0.518. The van der Waals surface area contributed by atoms with Crippen molar-refractivity contribution >= 4 is 14.2 Å². The van der Waals surface area contributed by atoms with Gasteiger partial charge in [0.15, 0.2) is 0 Å². The van der Waals surface area contributed by atoms with E-state index in [-0.39, 0.29) is 12.4 Å². The molecule has 1 aromatic rings. The molecular weight excluding hydrogens is 297 g/mol. The standard InChI is InChI=1S/C17H24FNO2Si/c1-17(2,3)21-16(20)19-12-13-7-8-14(15(18)11-13)9-10-22(4,5)6/h7-8,11H,12H2,1-6H3,(H,19,20). The SMILES string of the molecule is CC(C)(C)OC(=O)NCc1ccc(C#C[Si](C)(C)C)c(F)c1. The second-order valence-corrected chi connectivity index (χ2v) is 11.9. The highest BCUT2D eigenvalue weighted by Crippen LogP contribution is 2.11. The summed E-state index contributed by atoms with van der Waals surface area (Å²) in [5, 5.41) is 2.60. The van der Waals surface area contributed by atoms with Gasteiger partial charge in [0.25, 0.3) is 0 Å². The van der Waals surface area contributed by atoms with Crippen molar-refractivity contribution in [1.82, 2.24) is 5.32 Å². The number of nitrogens with one attached hydrogen (secondary N) is 1. The summed E-state index contributed by atoms with van der Waals surface area (Å²) in [5.41, 5.74) is 3.64. The van der Waals surface area contributed by atoms with Gasteiger partial charge in [-0.25, -0.2) is 9.18 Å². The van der Waals surface area contributed by atoms with E-state index in [2.05, 4.69) is 36.4 Å². The molecule has 1 aromatic carbocycles. The Kier molecular flexibility index (Phi) is 5.78. The van der Waals surface area contributed by atoms with E-state index in [1.54, 1.807) is 32.9 Å². The minimum absolute atomic E-state index is 0.216. The molecule has 0 spiro atoms. The van der Waals surface area contributed by atoms with Crippen molar-refractivity contribution < 1.29 is 13.9 Å². The monoisotopic (exact) mass is 321 g/mol. The van der Waals surface area contributed by atoms with Gasteiger partial charge in [0.1, 0.15) is 19.5 Å². The van der Waals surface area contributed by atoms with Gasteiger partial charge in [0, 0.05) is 6.54 Å². The summed E-state index contributed by atoms with van der Waals surface area (Å²) >= 11 is 0. The van der Waals surface area contributed by atoms with Crippen LogP contribution in [0.15, 0.2) is 18.2 Å². The quantitative estimate of drug-likeness (QED) is 0.658. The highest BCUT2D eigenvalue weighted by Gasteiger charge is 2.15. The van der Waals surface area contributed by atoms with Crippen LogP contribution in [0.4, 0.5) is 9.18 Å². The molecule has 3 nitrogen and oxygen atoms in total. The molecule has 120 valence electrons. The van der Waals surface area contributed by atoms with Crippen LogP contribution in [0.1, 0.15) is 31.9 Å². The maximum atomic E-state index is 14.0. The van der Waals surface area contributed by atoms with Crippen molar-refractivity contribution in [3.05, 3.63) is 35.1 Å². The van der Waals surface area contributed by atoms with E-state index in [0.717, 1.165) is 0 Å². The van der Waals surface area contributed by atoms with E-state index in [4.69, 9.17) is 4.74 Å². The number of benzene rings is 1. The smallest absolute Gasteiger partial charge is 0.407 e. The van der Waals surface area contributed by atoms with Gasteiger partial charge in [-0.2, -0.15) is 0 Å². The van der Waals surface area contributed by atoms with Crippen molar-refractivity contribution in [2.75, 3.05) is 0 Å². The fourth-order valence-corrected chi connectivity index (χ4v) is 2.02. The van der Waals surface area contributed by atoms with Crippen molar-refractivity contribution in [3.63, 3.8) is 0 Å². The zero-order chi connectivity index (χ0) is 17.0. The third-order valence-corrected chi connectivity index (χ3v) is 3.32. The van der Waals surface area contributed by atoms with Crippen LogP contribution in [-0.4, -0.2) is 19.8 Å². The van der Waals surface area contributed by atoms with Gasteiger partial charge in [-0.15, -0.1) is 5.54 Å². The molecule has 0 saturated carbocycles. The van der Waals surface area contributed by atoms with Crippen LogP contribution >= 0.6 is 0 Å². The Hall–Kier alpha value is -1.80. The molecule has 5 heteroatoms. The number of hydrogen-bond acceptors (Lipinski definition) is 2. The lowest BCUT2D eigenvalue weighted by atomic mass is 10.1. The van der Waals surface area contributed by atoms with Crippen molar-refractivity contribution in [3.8, 4) is 11.5 Å². The molecule has 0 aliphatic carbocycles. The fraction of sp³-hybridized carbons (Fsp3) is 0.471. The van der Waals surface area contributed by atoms with E-state index in [9.17, 15) is 9.18 Å². The number of amides is 1. The Morgan fingerprint density at radius 2 is 1.95 bits per heavy atom. The summed E-state index contributed by atoms with van der Waals surface area (Å²) in [4.78, 5) is 11.6. The van der Waals surface area contributed by atoms with Crippen molar-refractivity contribution in [2.45, 2.75) is 52.6 Å². The van der Waals surface area contributed by atoms with Crippen LogP contribution in [0.5, 0.6) is 0 Å². The maximum absolute atomic E-state index is 14.0. The maximum Gasteiger partial charge on any atom is 0.407 e. The summed E-state index contributed by atoms with van der Waals surface area (Å²) in [7, 11) is -1.53. The zero-order valence-electron chi connectivity index (χ0n) is 14.1. The molecule has 0 aliphatic rings. The molecule has 1 N–H and O–H groups in total. The number of alkyl carbamates (subject to hydrolysis) is 1. The lowest BCUT2D eigenvalue weighted by molar-refractivity contribution is 0.0523. The van der Waals surface area contributed by atoms with Crippen LogP contribution in [0.2, 0.25) is 19.6 Å². The second kappa shape index (κ2) is 6.97. The Morgan fingerprint density at radius 3 is 2.45 bits per heavy atom. The normalized spacial score (nSPS) is 11.4. The molecule has 0 unspecified atom stereocenters. The summed E-state index contributed by atoms with van der Waals surface area (Å²) < 4.78 is 19.1. The second-order valence-electron chi connectivity index (χ2n) is 7.17. The highest BCUT2D eigenvalue weighted by molar-refractivity contribution is 6.83. The Labute approximate surface area is 133 Å². The third kappa shape index (κ3) is 7.28. The van der Waals surface area contributed by atoms with Crippen LogP contribution in [0.25, 0.3) is 0 Å². The number of rotatable bonds is 2. The van der Waals surface area contributed by atoms with Crippen LogP contribution < -0.4 is 5.32 Å². The molecule has 0 heterocycles. The Balaban J connectivity index is 2.70. The lowest BCUT2D eigenvalue weighted by Crippen LogP contribution is -2.32. The van der Waals surface area contributed by atoms with Gasteiger partial charge in [-0.1, -0.05) is 31.6 Å². The van der Waals surface area contributed by atoms with E-state index in [1.165, 1.54) is 6.07 Å². The summed E-state index contributed by atoms with van der Waals surface area (Å²) in [5.74, 6) is 2.53. The highest BCUT2D eigenvalue weighted by atomic mass is 28.3. The first-order chi connectivity index (χ1) is 9.96. The number of carbonyl (C=O) groups excluding carboxylic acids is 1. The predicted molar refractivity (Wildman–Crippen MR) is 89.7 cm³/mol. The van der Waals surface area contributed by atoms with Crippen LogP contribution in [0.3, 0.4) is 0 Å². The zero-order valence-corrected chi connectivity index (χ0v) is 15.1. The van der Waals surface area contributed by atoms with E-state index >= 15 is 0 Å². The first-order valence-corrected chi connectivity index (χ1v) is 10.7. The van der Waals surface area contributed by atoms with E-state index in [1.807, 2.05) is 0 Å². The summed E-state index contributed by atoms with van der Waals surface area (Å²) in [6, 6.07) is 4.80. The molecule has 0 saturated heterocycles. The van der Waals surface area contributed by atoms with E-state index < -0.39 is 19.8 Å². The molecule has 0 aromatic heterocycles. The summed E-state index contributed by atoms with van der Waals surface area (Å²) in [6.45, 7) is 11.9. The van der Waals surface area contributed by atoms with Gasteiger partial charge >= 0.3 is 6.09 Å². The number of hydrogen-bond donors (Lipinski definition) is 1. The molecule has 22 heavy (non-hydrogen) atoms. The van der Waals surface area contributed by atoms with Crippen molar-refractivity contribution in [1.29, 1.82) is 0 Å². The molecule has 0 radical (unpaired) electrons. The molecule has 0 bridgehead atoms. The number of ether oxygens (including phenoxy) is 1. The van der Waals surface area contributed by atoms with Crippen LogP contribution in [-0.2, 0) is 11.3 Å². The van der Waals surface area contributed by atoms with Gasteiger partial charge in [0.2, 0.25) is 0 Å². The average Bonchev–Trinajstić information content (AvgIpc) is 2.32. The fourth-order valence-electron chi connectivity index (χ4n) is 1.51. The first-order valence-electron chi connectivity index (χ1n) is 7.25. The molecule has 0 fully saturated rings. The van der Waals surface area contributed by atoms with Gasteiger partial charge in [-0.05, 0) is 38.5 Å². The number of halogens is 1. The molecule has 1 rings (SSSR count). The van der Waals surface area contributed by atoms with Gasteiger partial charge in [-0.3, -0.25) is 0 Å². The van der Waals surface area contributed by atoms with Crippen LogP contribution in [0, 0.1) is 17.3 Å². The minimum atomic E-state index is -1.53. The minimum Gasteiger partial charge on any atom is -0.444 e. The molecular formula is C17H24FNO2Si. The third-order valence-electron chi connectivity index (χ3n) is 2.44. The predicted octanol–water partition coefficient (Wildman–Crippen LogP) is 4.08. The molecule has 0 aliphatic heterocycles. The number of carbonyl (C=O) groups is 1.